The molecule has 0 aromatic heterocycles. The molecule has 3 nitrogen and oxygen atoms in total. The van der Waals surface area contributed by atoms with Crippen LogP contribution >= 0.6 is 0 Å². The second-order valence-corrected chi connectivity index (χ2v) is 7.48. The SMILES string of the molecule is CCC(C)N(CC)C1CC(C(C)(C)C)CCC1C(=O)O. The Balaban J connectivity index is 2.96. The summed E-state index contributed by atoms with van der Waals surface area (Å²) in [6, 6.07) is 0.663. The highest BCUT2D eigenvalue weighted by molar-refractivity contribution is 5.71. The highest BCUT2D eigenvalue weighted by Gasteiger charge is 2.42. The van der Waals surface area contributed by atoms with Gasteiger partial charge in [-0.15, -0.1) is 0 Å². The van der Waals surface area contributed by atoms with Crippen molar-refractivity contribution in [2.75, 3.05) is 6.54 Å². The molecule has 4 atom stereocenters. The minimum atomic E-state index is -0.607. The maximum atomic E-state index is 11.6. The number of hydrogen-bond acceptors (Lipinski definition) is 2. The lowest BCUT2D eigenvalue weighted by atomic mass is 9.67. The van der Waals surface area contributed by atoms with Crippen molar-refractivity contribution in [1.82, 2.24) is 4.90 Å². The summed E-state index contributed by atoms with van der Waals surface area (Å²) in [5.41, 5.74) is 0.274. The van der Waals surface area contributed by atoms with E-state index in [1.54, 1.807) is 0 Å². The van der Waals surface area contributed by atoms with Crippen LogP contribution in [-0.2, 0) is 4.79 Å². The molecule has 4 unspecified atom stereocenters. The van der Waals surface area contributed by atoms with Crippen molar-refractivity contribution >= 4 is 5.97 Å². The van der Waals surface area contributed by atoms with Crippen molar-refractivity contribution < 1.29 is 9.90 Å². The van der Waals surface area contributed by atoms with Crippen molar-refractivity contribution in [2.45, 2.75) is 79.3 Å². The van der Waals surface area contributed by atoms with E-state index in [4.69, 9.17) is 0 Å². The van der Waals surface area contributed by atoms with Gasteiger partial charge in [0.05, 0.1) is 5.92 Å². The molecular weight excluding hydrogens is 250 g/mol. The van der Waals surface area contributed by atoms with E-state index in [1.807, 2.05) is 0 Å². The predicted octanol–water partition coefficient (Wildman–Crippen LogP) is 4.02. The predicted molar refractivity (Wildman–Crippen MR) is 83.8 cm³/mol. The number of carbonyl (C=O) groups is 1. The molecule has 0 aromatic rings. The first-order chi connectivity index (χ1) is 9.22. The average Bonchev–Trinajstić information content (AvgIpc) is 2.37. The Kier molecular flexibility index (Phi) is 6.06. The summed E-state index contributed by atoms with van der Waals surface area (Å²) in [6.07, 6.45) is 3.99. The van der Waals surface area contributed by atoms with E-state index in [2.05, 4.69) is 46.4 Å². The van der Waals surface area contributed by atoms with Crippen LogP contribution in [-0.4, -0.2) is 34.6 Å². The number of nitrogens with zero attached hydrogens (tertiary/aromatic N) is 1. The summed E-state index contributed by atoms with van der Waals surface area (Å²) in [7, 11) is 0. The Morgan fingerprint density at radius 1 is 1.30 bits per heavy atom. The van der Waals surface area contributed by atoms with E-state index < -0.39 is 5.97 Å². The van der Waals surface area contributed by atoms with E-state index in [0.29, 0.717) is 12.0 Å². The summed E-state index contributed by atoms with van der Waals surface area (Å²) < 4.78 is 0. The third-order valence-electron chi connectivity index (χ3n) is 5.31. The van der Waals surface area contributed by atoms with Crippen LogP contribution in [0.2, 0.25) is 0 Å². The molecule has 0 radical (unpaired) electrons. The smallest absolute Gasteiger partial charge is 0.308 e. The highest BCUT2D eigenvalue weighted by Crippen LogP contribution is 2.42. The fourth-order valence-corrected chi connectivity index (χ4v) is 3.70. The molecule has 0 aliphatic heterocycles. The first-order valence-corrected chi connectivity index (χ1v) is 8.20. The van der Waals surface area contributed by atoms with Crippen molar-refractivity contribution in [1.29, 1.82) is 0 Å². The molecule has 3 heteroatoms. The third-order valence-corrected chi connectivity index (χ3v) is 5.31. The van der Waals surface area contributed by atoms with Gasteiger partial charge in [0.2, 0.25) is 0 Å². The summed E-state index contributed by atoms with van der Waals surface area (Å²) in [4.78, 5) is 14.1. The van der Waals surface area contributed by atoms with Gasteiger partial charge in [0.25, 0.3) is 0 Å². The van der Waals surface area contributed by atoms with Gasteiger partial charge in [-0.3, -0.25) is 9.69 Å². The molecule has 1 N–H and O–H groups in total. The van der Waals surface area contributed by atoms with Gasteiger partial charge in [-0.05, 0) is 50.5 Å². The number of carboxylic acids is 1. The molecule has 0 saturated heterocycles. The number of hydrogen-bond donors (Lipinski definition) is 1. The van der Waals surface area contributed by atoms with Crippen molar-refractivity contribution in [3.8, 4) is 0 Å². The summed E-state index contributed by atoms with van der Waals surface area (Å²) in [5, 5.41) is 9.57. The normalized spacial score (nSPS) is 29.4. The Bertz CT molecular complexity index is 321. The second kappa shape index (κ2) is 6.93. The molecule has 20 heavy (non-hydrogen) atoms. The van der Waals surface area contributed by atoms with E-state index in [-0.39, 0.29) is 17.4 Å². The minimum Gasteiger partial charge on any atom is -0.481 e. The highest BCUT2D eigenvalue weighted by atomic mass is 16.4. The fourth-order valence-electron chi connectivity index (χ4n) is 3.70. The Hall–Kier alpha value is -0.570. The number of carboxylic acid groups (broad SMARTS) is 1. The molecule has 118 valence electrons. The van der Waals surface area contributed by atoms with Crippen molar-refractivity contribution in [3.63, 3.8) is 0 Å². The zero-order valence-electron chi connectivity index (χ0n) is 14.1. The maximum absolute atomic E-state index is 11.6. The summed E-state index contributed by atoms with van der Waals surface area (Å²) in [6.45, 7) is 14.4. The lowest BCUT2D eigenvalue weighted by Crippen LogP contribution is -2.51. The zero-order valence-corrected chi connectivity index (χ0v) is 14.1. The van der Waals surface area contributed by atoms with Gasteiger partial charge in [0.1, 0.15) is 0 Å². The average molecular weight is 283 g/mol. The van der Waals surface area contributed by atoms with Gasteiger partial charge in [-0.1, -0.05) is 34.6 Å². The number of aliphatic carboxylic acids is 1. The van der Waals surface area contributed by atoms with E-state index >= 15 is 0 Å². The van der Waals surface area contributed by atoms with Crippen LogP contribution in [0.4, 0.5) is 0 Å². The van der Waals surface area contributed by atoms with Gasteiger partial charge in [-0.25, -0.2) is 0 Å². The topological polar surface area (TPSA) is 40.5 Å². The van der Waals surface area contributed by atoms with Crippen LogP contribution in [0.5, 0.6) is 0 Å². The first kappa shape index (κ1) is 17.5. The standard InChI is InChI=1S/C17H33NO2/c1-7-12(3)18(8-2)15-11-13(17(4,5)6)9-10-14(15)16(19)20/h12-15H,7-11H2,1-6H3,(H,19,20). The van der Waals surface area contributed by atoms with Crippen LogP contribution in [0.3, 0.4) is 0 Å². The molecule has 0 heterocycles. The second-order valence-electron chi connectivity index (χ2n) is 7.48. The van der Waals surface area contributed by atoms with E-state index in [9.17, 15) is 9.90 Å². The Morgan fingerprint density at radius 3 is 2.30 bits per heavy atom. The van der Waals surface area contributed by atoms with Crippen LogP contribution in [0.1, 0.15) is 67.2 Å². The van der Waals surface area contributed by atoms with Gasteiger partial charge in [-0.2, -0.15) is 0 Å². The molecule has 0 aromatic carbocycles. The summed E-state index contributed by atoms with van der Waals surface area (Å²) in [5.74, 6) is -0.173. The van der Waals surface area contributed by atoms with Crippen molar-refractivity contribution in [2.24, 2.45) is 17.3 Å². The van der Waals surface area contributed by atoms with Crippen LogP contribution in [0.25, 0.3) is 0 Å². The molecule has 1 rings (SSSR count). The van der Waals surface area contributed by atoms with Crippen LogP contribution in [0.15, 0.2) is 0 Å². The molecule has 1 saturated carbocycles. The van der Waals surface area contributed by atoms with Gasteiger partial charge >= 0.3 is 5.97 Å². The number of rotatable bonds is 5. The molecule has 0 amide bonds. The quantitative estimate of drug-likeness (QED) is 0.828. The van der Waals surface area contributed by atoms with Crippen LogP contribution in [0, 0.1) is 17.3 Å². The van der Waals surface area contributed by atoms with Crippen molar-refractivity contribution in [3.05, 3.63) is 0 Å². The summed E-state index contributed by atoms with van der Waals surface area (Å²) >= 11 is 0. The Morgan fingerprint density at radius 2 is 1.90 bits per heavy atom. The third kappa shape index (κ3) is 3.97. The lowest BCUT2D eigenvalue weighted by Gasteiger charge is -2.46. The maximum Gasteiger partial charge on any atom is 0.308 e. The molecule has 0 bridgehead atoms. The molecule has 1 fully saturated rings. The monoisotopic (exact) mass is 283 g/mol. The minimum absolute atomic E-state index is 0.192. The first-order valence-electron chi connectivity index (χ1n) is 8.20. The lowest BCUT2D eigenvalue weighted by molar-refractivity contribution is -0.147. The Labute approximate surface area is 124 Å². The largest absolute Gasteiger partial charge is 0.481 e. The molecule has 1 aliphatic carbocycles. The zero-order chi connectivity index (χ0) is 15.5. The fraction of sp³-hybridized carbons (Fsp3) is 0.941. The molecular formula is C17H33NO2. The van der Waals surface area contributed by atoms with Gasteiger partial charge < -0.3 is 5.11 Å². The van der Waals surface area contributed by atoms with Crippen LogP contribution < -0.4 is 0 Å². The van der Waals surface area contributed by atoms with Gasteiger partial charge in [0, 0.05) is 12.1 Å². The van der Waals surface area contributed by atoms with E-state index in [0.717, 1.165) is 32.2 Å². The molecule has 1 aliphatic rings. The van der Waals surface area contributed by atoms with Gasteiger partial charge in [0.15, 0.2) is 0 Å². The molecule has 0 spiro atoms. The van der Waals surface area contributed by atoms with E-state index in [1.165, 1.54) is 0 Å².